The number of amides is 1. The summed E-state index contributed by atoms with van der Waals surface area (Å²) in [5, 5.41) is 3.89. The van der Waals surface area contributed by atoms with Crippen LogP contribution in [0, 0.1) is 17.8 Å². The maximum Gasteiger partial charge on any atom is 0.341 e. The van der Waals surface area contributed by atoms with Gasteiger partial charge < -0.3 is 10.1 Å². The molecule has 2 fully saturated rings. The first-order valence-corrected chi connectivity index (χ1v) is 11.1. The summed E-state index contributed by atoms with van der Waals surface area (Å²) in [7, 11) is 0. The van der Waals surface area contributed by atoms with Gasteiger partial charge in [0.2, 0.25) is 5.91 Å². The highest BCUT2D eigenvalue weighted by Crippen LogP contribution is 2.49. The molecule has 0 unspecified atom stereocenters. The van der Waals surface area contributed by atoms with E-state index >= 15 is 0 Å². The molecule has 2 saturated carbocycles. The van der Waals surface area contributed by atoms with Gasteiger partial charge in [-0.05, 0) is 68.8 Å². The number of fused-ring (bicyclic) bond motifs is 3. The normalized spacial score (nSPS) is 27.0. The van der Waals surface area contributed by atoms with Crippen LogP contribution in [0.1, 0.15) is 79.1 Å². The molecule has 142 valence electrons. The average Bonchev–Trinajstić information content (AvgIpc) is 3.30. The molecule has 0 saturated heterocycles. The van der Waals surface area contributed by atoms with E-state index in [1.54, 1.807) is 11.3 Å². The van der Waals surface area contributed by atoms with Gasteiger partial charge in [0.15, 0.2) is 0 Å². The first-order chi connectivity index (χ1) is 12.7. The molecule has 3 aliphatic carbocycles. The fraction of sp³-hybridized carbons (Fsp3) is 0.714. The van der Waals surface area contributed by atoms with Crippen LogP contribution in [0.25, 0.3) is 0 Å². The Hall–Kier alpha value is -1.36. The lowest BCUT2D eigenvalue weighted by molar-refractivity contribution is -0.121. The molecule has 0 radical (unpaired) electrons. The minimum atomic E-state index is -0.255. The zero-order valence-electron chi connectivity index (χ0n) is 15.6. The maximum atomic E-state index is 12.9. The third-order valence-electron chi connectivity index (χ3n) is 6.37. The summed E-state index contributed by atoms with van der Waals surface area (Å²) in [6, 6.07) is 0. The highest BCUT2D eigenvalue weighted by atomic mass is 32.1. The maximum absolute atomic E-state index is 12.9. The van der Waals surface area contributed by atoms with E-state index in [1.807, 2.05) is 6.92 Å². The van der Waals surface area contributed by atoms with Gasteiger partial charge in [-0.2, -0.15) is 0 Å². The number of aryl methyl sites for hydroxylation is 1. The van der Waals surface area contributed by atoms with Crippen molar-refractivity contribution >= 4 is 28.2 Å². The molecule has 1 aromatic heterocycles. The van der Waals surface area contributed by atoms with Gasteiger partial charge in [-0.1, -0.05) is 19.8 Å². The lowest BCUT2D eigenvalue weighted by atomic mass is 9.88. The van der Waals surface area contributed by atoms with Crippen molar-refractivity contribution in [1.82, 2.24) is 0 Å². The SMILES string of the molecule is CCCOC(=O)c1c(NC(=O)[C@@H]2C[C@@H]3CC[C@@H]2C3)sc2c1CCCCC2. The van der Waals surface area contributed by atoms with Crippen LogP contribution in [-0.2, 0) is 22.4 Å². The van der Waals surface area contributed by atoms with Crippen LogP contribution in [-0.4, -0.2) is 18.5 Å². The van der Waals surface area contributed by atoms with Crippen LogP contribution >= 0.6 is 11.3 Å². The van der Waals surface area contributed by atoms with Crippen LogP contribution in [0.15, 0.2) is 0 Å². The highest BCUT2D eigenvalue weighted by molar-refractivity contribution is 7.17. The Morgan fingerprint density at radius 2 is 2.00 bits per heavy atom. The van der Waals surface area contributed by atoms with Crippen molar-refractivity contribution in [2.45, 2.75) is 71.1 Å². The summed E-state index contributed by atoms with van der Waals surface area (Å²) in [5.74, 6) is 1.29. The first kappa shape index (κ1) is 18.0. The predicted molar refractivity (Wildman–Crippen MR) is 104 cm³/mol. The number of thiophene rings is 1. The van der Waals surface area contributed by atoms with Crippen molar-refractivity contribution in [1.29, 1.82) is 0 Å². The number of carbonyl (C=O) groups is 2. The Morgan fingerprint density at radius 1 is 1.15 bits per heavy atom. The molecule has 4 rings (SSSR count). The van der Waals surface area contributed by atoms with Crippen molar-refractivity contribution in [2.24, 2.45) is 17.8 Å². The second-order valence-electron chi connectivity index (χ2n) is 8.18. The number of carbonyl (C=O) groups excluding carboxylic acids is 2. The topological polar surface area (TPSA) is 55.4 Å². The molecule has 1 amide bonds. The molecule has 1 heterocycles. The second kappa shape index (κ2) is 7.71. The van der Waals surface area contributed by atoms with Gasteiger partial charge in [0.1, 0.15) is 5.00 Å². The van der Waals surface area contributed by atoms with Crippen LogP contribution < -0.4 is 5.32 Å². The molecule has 0 aromatic carbocycles. The van der Waals surface area contributed by atoms with E-state index in [1.165, 1.54) is 30.6 Å². The number of hydrogen-bond donors (Lipinski definition) is 1. The third-order valence-corrected chi connectivity index (χ3v) is 7.58. The van der Waals surface area contributed by atoms with Crippen molar-refractivity contribution in [3.63, 3.8) is 0 Å². The van der Waals surface area contributed by atoms with Crippen molar-refractivity contribution in [3.8, 4) is 0 Å². The molecule has 1 N–H and O–H groups in total. The zero-order chi connectivity index (χ0) is 18.1. The monoisotopic (exact) mass is 375 g/mol. The number of ether oxygens (including phenoxy) is 1. The smallest absolute Gasteiger partial charge is 0.341 e. The van der Waals surface area contributed by atoms with E-state index in [0.29, 0.717) is 18.1 Å². The molecule has 0 aliphatic heterocycles. The van der Waals surface area contributed by atoms with Gasteiger partial charge in [-0.3, -0.25) is 4.79 Å². The lowest BCUT2D eigenvalue weighted by Crippen LogP contribution is -2.27. The Morgan fingerprint density at radius 3 is 2.73 bits per heavy atom. The molecule has 1 aromatic rings. The molecule has 3 atom stereocenters. The fourth-order valence-corrected chi connectivity index (χ4v) is 6.36. The molecule has 4 nitrogen and oxygen atoms in total. The zero-order valence-corrected chi connectivity index (χ0v) is 16.5. The molecule has 3 aliphatic rings. The fourth-order valence-electron chi connectivity index (χ4n) is 5.08. The molecule has 26 heavy (non-hydrogen) atoms. The van der Waals surface area contributed by atoms with E-state index in [2.05, 4.69) is 5.32 Å². The van der Waals surface area contributed by atoms with E-state index in [-0.39, 0.29) is 17.8 Å². The van der Waals surface area contributed by atoms with Gasteiger partial charge in [-0.15, -0.1) is 11.3 Å². The first-order valence-electron chi connectivity index (χ1n) is 10.3. The molecule has 2 bridgehead atoms. The summed E-state index contributed by atoms with van der Waals surface area (Å²) in [4.78, 5) is 26.9. The predicted octanol–water partition coefficient (Wildman–Crippen LogP) is 4.96. The lowest BCUT2D eigenvalue weighted by Gasteiger charge is -2.20. The summed E-state index contributed by atoms with van der Waals surface area (Å²) in [6.07, 6.45) is 10.9. The molecular weight excluding hydrogens is 346 g/mol. The summed E-state index contributed by atoms with van der Waals surface area (Å²) >= 11 is 1.61. The second-order valence-corrected chi connectivity index (χ2v) is 9.28. The minimum absolute atomic E-state index is 0.123. The standard InChI is InChI=1S/C21H29NO3S/c1-2-10-25-21(24)18-15-6-4-3-5-7-17(15)26-20(18)22-19(23)16-12-13-8-9-14(16)11-13/h13-14,16H,2-12H2,1H3,(H,22,23)/t13-,14-,16-/m1/s1. The van der Waals surface area contributed by atoms with Gasteiger partial charge >= 0.3 is 5.97 Å². The number of esters is 1. The third kappa shape index (κ3) is 3.42. The van der Waals surface area contributed by atoms with Crippen molar-refractivity contribution < 1.29 is 14.3 Å². The van der Waals surface area contributed by atoms with E-state index in [0.717, 1.165) is 55.0 Å². The molecular formula is C21H29NO3S. The number of nitrogens with one attached hydrogen (secondary N) is 1. The van der Waals surface area contributed by atoms with Crippen molar-refractivity contribution in [3.05, 3.63) is 16.0 Å². The Kier molecular flexibility index (Phi) is 5.35. The van der Waals surface area contributed by atoms with E-state index in [9.17, 15) is 9.59 Å². The molecule has 5 heteroatoms. The minimum Gasteiger partial charge on any atom is -0.462 e. The summed E-state index contributed by atoms with van der Waals surface area (Å²) < 4.78 is 5.46. The highest BCUT2D eigenvalue weighted by Gasteiger charge is 2.43. The molecule has 0 spiro atoms. The van der Waals surface area contributed by atoms with Gasteiger partial charge in [-0.25, -0.2) is 4.79 Å². The van der Waals surface area contributed by atoms with Gasteiger partial charge in [0, 0.05) is 10.8 Å². The van der Waals surface area contributed by atoms with Gasteiger partial charge in [0.05, 0.1) is 12.2 Å². The Bertz CT molecular complexity index is 696. The van der Waals surface area contributed by atoms with Crippen LogP contribution in [0.5, 0.6) is 0 Å². The number of rotatable bonds is 5. The quantitative estimate of drug-likeness (QED) is 0.585. The van der Waals surface area contributed by atoms with E-state index in [4.69, 9.17) is 4.74 Å². The number of hydrogen-bond acceptors (Lipinski definition) is 4. The summed E-state index contributed by atoms with van der Waals surface area (Å²) in [5.41, 5.74) is 1.79. The number of anilines is 1. The average molecular weight is 376 g/mol. The summed E-state index contributed by atoms with van der Waals surface area (Å²) in [6.45, 7) is 2.43. The Labute approximate surface area is 159 Å². The van der Waals surface area contributed by atoms with Crippen LogP contribution in [0.3, 0.4) is 0 Å². The van der Waals surface area contributed by atoms with E-state index < -0.39 is 0 Å². The van der Waals surface area contributed by atoms with Crippen LogP contribution in [0.4, 0.5) is 5.00 Å². The Balaban J connectivity index is 1.58. The van der Waals surface area contributed by atoms with Crippen LogP contribution in [0.2, 0.25) is 0 Å². The largest absolute Gasteiger partial charge is 0.462 e. The van der Waals surface area contributed by atoms with Gasteiger partial charge in [0.25, 0.3) is 0 Å². The van der Waals surface area contributed by atoms with Crippen molar-refractivity contribution in [2.75, 3.05) is 11.9 Å².